The lowest BCUT2D eigenvalue weighted by molar-refractivity contribution is -0.131. The summed E-state index contributed by atoms with van der Waals surface area (Å²) in [7, 11) is 1.41. The van der Waals surface area contributed by atoms with Crippen LogP contribution in [0.15, 0.2) is 47.4 Å². The lowest BCUT2D eigenvalue weighted by Gasteiger charge is -2.25. The van der Waals surface area contributed by atoms with Gasteiger partial charge < -0.3 is 14.4 Å². The fourth-order valence-electron chi connectivity index (χ4n) is 3.48. The number of methoxy groups -OCH3 is 1. The zero-order valence-corrected chi connectivity index (χ0v) is 16.3. The highest BCUT2D eigenvalue weighted by molar-refractivity contribution is 8.01. The van der Waals surface area contributed by atoms with Crippen LogP contribution in [0.2, 0.25) is 0 Å². The van der Waals surface area contributed by atoms with Gasteiger partial charge in [0.25, 0.3) is 0 Å². The van der Waals surface area contributed by atoms with E-state index in [2.05, 4.69) is 16.9 Å². The smallest absolute Gasteiger partial charge is 0.387 e. The van der Waals surface area contributed by atoms with Crippen molar-refractivity contribution in [1.29, 1.82) is 0 Å². The number of hydrogen-bond acceptors (Lipinski definition) is 4. The van der Waals surface area contributed by atoms with E-state index in [1.54, 1.807) is 23.9 Å². The van der Waals surface area contributed by atoms with Gasteiger partial charge >= 0.3 is 6.61 Å². The molecule has 1 atom stereocenters. The standard InChI is InChI=1S/C21H21F2NO3S/c1-26-17-10-13(6-9-16(17)27-21(22)23)12-24(15-7-8-15)20(25)19-11-14-4-2-3-5-18(14)28-19/h2-6,9-10,15,19,21H,7-8,11-12H2,1H3. The number of rotatable bonds is 7. The molecule has 148 valence electrons. The van der Waals surface area contributed by atoms with Crippen LogP contribution in [0, 0.1) is 0 Å². The van der Waals surface area contributed by atoms with E-state index in [0.717, 1.165) is 24.8 Å². The van der Waals surface area contributed by atoms with Crippen LogP contribution in [0.4, 0.5) is 8.78 Å². The summed E-state index contributed by atoms with van der Waals surface area (Å²) in [6.07, 6.45) is 2.74. The van der Waals surface area contributed by atoms with Gasteiger partial charge in [0.1, 0.15) is 0 Å². The second-order valence-corrected chi connectivity index (χ2v) is 8.22. The van der Waals surface area contributed by atoms with Crippen molar-refractivity contribution in [3.8, 4) is 11.5 Å². The molecule has 4 nitrogen and oxygen atoms in total. The molecule has 0 spiro atoms. The SMILES string of the molecule is COc1cc(CN(C(=O)C2Cc3ccccc3S2)C2CC2)ccc1OC(F)F. The molecule has 0 bridgehead atoms. The van der Waals surface area contributed by atoms with E-state index in [1.165, 1.54) is 23.6 Å². The lowest BCUT2D eigenvalue weighted by Crippen LogP contribution is -2.38. The number of carbonyl (C=O) groups is 1. The fraction of sp³-hybridized carbons (Fsp3) is 0.381. The highest BCUT2D eigenvalue weighted by atomic mass is 32.2. The number of benzene rings is 2. The van der Waals surface area contributed by atoms with E-state index in [-0.39, 0.29) is 28.7 Å². The zero-order chi connectivity index (χ0) is 19.7. The van der Waals surface area contributed by atoms with Gasteiger partial charge in [-0.1, -0.05) is 24.3 Å². The largest absolute Gasteiger partial charge is 0.493 e. The maximum absolute atomic E-state index is 13.2. The number of nitrogens with zero attached hydrogens (tertiary/aromatic N) is 1. The molecule has 28 heavy (non-hydrogen) atoms. The lowest BCUT2D eigenvalue weighted by atomic mass is 10.1. The van der Waals surface area contributed by atoms with E-state index in [0.29, 0.717) is 6.54 Å². The second kappa shape index (κ2) is 7.99. The Labute approximate surface area is 166 Å². The molecule has 1 fully saturated rings. The summed E-state index contributed by atoms with van der Waals surface area (Å²) in [5, 5.41) is -0.110. The molecule has 1 saturated carbocycles. The van der Waals surface area contributed by atoms with E-state index in [9.17, 15) is 13.6 Å². The minimum Gasteiger partial charge on any atom is -0.493 e. The number of carbonyl (C=O) groups excluding carboxylic acids is 1. The number of halogens is 2. The Morgan fingerprint density at radius 2 is 2.00 bits per heavy atom. The van der Waals surface area contributed by atoms with Crippen LogP contribution in [0.1, 0.15) is 24.0 Å². The van der Waals surface area contributed by atoms with Crippen molar-refractivity contribution >= 4 is 17.7 Å². The van der Waals surface area contributed by atoms with Crippen LogP contribution in [0.3, 0.4) is 0 Å². The van der Waals surface area contributed by atoms with Crippen molar-refractivity contribution in [1.82, 2.24) is 4.90 Å². The Bertz CT molecular complexity index is 847. The summed E-state index contributed by atoms with van der Waals surface area (Å²) in [4.78, 5) is 16.3. The van der Waals surface area contributed by atoms with E-state index in [4.69, 9.17) is 4.74 Å². The third-order valence-electron chi connectivity index (χ3n) is 4.99. The molecule has 1 aliphatic heterocycles. The number of hydrogen-bond donors (Lipinski definition) is 0. The summed E-state index contributed by atoms with van der Waals surface area (Å²) in [6.45, 7) is -2.48. The first-order chi connectivity index (χ1) is 13.5. The van der Waals surface area contributed by atoms with Gasteiger partial charge in [0.15, 0.2) is 11.5 Å². The second-order valence-electron chi connectivity index (χ2n) is 6.98. The minimum absolute atomic E-state index is 0.00709. The van der Waals surface area contributed by atoms with Crippen molar-refractivity contribution in [2.75, 3.05) is 7.11 Å². The summed E-state index contributed by atoms with van der Waals surface area (Å²) >= 11 is 1.63. The zero-order valence-electron chi connectivity index (χ0n) is 15.4. The van der Waals surface area contributed by atoms with Crippen molar-refractivity contribution < 1.29 is 23.0 Å². The molecule has 1 amide bonds. The number of alkyl halides is 2. The molecule has 1 aliphatic carbocycles. The molecule has 0 aromatic heterocycles. The fourth-order valence-corrected chi connectivity index (χ4v) is 4.74. The normalized spacial score (nSPS) is 18.1. The van der Waals surface area contributed by atoms with Crippen molar-refractivity contribution in [2.45, 2.75) is 48.6 Å². The topological polar surface area (TPSA) is 38.8 Å². The van der Waals surface area contributed by atoms with Gasteiger partial charge in [-0.3, -0.25) is 4.79 Å². The van der Waals surface area contributed by atoms with Gasteiger partial charge in [0.2, 0.25) is 5.91 Å². The Hall–Kier alpha value is -2.28. The van der Waals surface area contributed by atoms with E-state index < -0.39 is 6.61 Å². The maximum atomic E-state index is 13.2. The van der Waals surface area contributed by atoms with Gasteiger partial charge in [0.05, 0.1) is 12.4 Å². The first-order valence-corrected chi connectivity index (χ1v) is 10.1. The summed E-state index contributed by atoms with van der Waals surface area (Å²) in [6, 6.07) is 13.2. The Morgan fingerprint density at radius 1 is 1.21 bits per heavy atom. The predicted octanol–water partition coefficient (Wildman–Crippen LogP) is 4.50. The van der Waals surface area contributed by atoms with E-state index in [1.807, 2.05) is 17.0 Å². The molecule has 0 saturated heterocycles. The maximum Gasteiger partial charge on any atom is 0.387 e. The quantitative estimate of drug-likeness (QED) is 0.680. The van der Waals surface area contributed by atoms with Crippen LogP contribution < -0.4 is 9.47 Å². The molecule has 1 unspecified atom stereocenters. The van der Waals surface area contributed by atoms with Crippen LogP contribution in [-0.4, -0.2) is 35.8 Å². The Morgan fingerprint density at radius 3 is 2.68 bits per heavy atom. The number of ether oxygens (including phenoxy) is 2. The van der Waals surface area contributed by atoms with Crippen molar-refractivity contribution in [3.05, 3.63) is 53.6 Å². The molecule has 1 heterocycles. The van der Waals surface area contributed by atoms with Gasteiger partial charge in [-0.25, -0.2) is 0 Å². The number of amides is 1. The molecular formula is C21H21F2NO3S. The first-order valence-electron chi connectivity index (χ1n) is 9.22. The predicted molar refractivity (Wildman–Crippen MR) is 103 cm³/mol. The summed E-state index contributed by atoms with van der Waals surface area (Å²) in [5.74, 6) is 0.367. The number of fused-ring (bicyclic) bond motifs is 1. The van der Waals surface area contributed by atoms with Gasteiger partial charge in [-0.2, -0.15) is 8.78 Å². The van der Waals surface area contributed by atoms with Crippen LogP contribution in [0.5, 0.6) is 11.5 Å². The third-order valence-corrected chi connectivity index (χ3v) is 6.30. The molecule has 7 heteroatoms. The van der Waals surface area contributed by atoms with Gasteiger partial charge in [-0.15, -0.1) is 11.8 Å². The average Bonchev–Trinajstić information content (AvgIpc) is 3.43. The van der Waals surface area contributed by atoms with E-state index >= 15 is 0 Å². The third kappa shape index (κ3) is 4.09. The molecule has 0 radical (unpaired) electrons. The molecule has 2 aliphatic rings. The van der Waals surface area contributed by atoms with Crippen LogP contribution in [-0.2, 0) is 17.8 Å². The molecule has 0 N–H and O–H groups in total. The first kappa shape index (κ1) is 19.1. The van der Waals surface area contributed by atoms with Crippen molar-refractivity contribution in [3.63, 3.8) is 0 Å². The molecule has 2 aromatic carbocycles. The molecule has 4 rings (SSSR count). The number of thioether (sulfide) groups is 1. The Balaban J connectivity index is 1.49. The van der Waals surface area contributed by atoms with Crippen LogP contribution >= 0.6 is 11.8 Å². The average molecular weight is 405 g/mol. The molecular weight excluding hydrogens is 384 g/mol. The van der Waals surface area contributed by atoms with Gasteiger partial charge in [-0.05, 0) is 48.6 Å². The molecule has 2 aromatic rings. The van der Waals surface area contributed by atoms with Gasteiger partial charge in [0, 0.05) is 17.5 Å². The van der Waals surface area contributed by atoms with Crippen LogP contribution in [0.25, 0.3) is 0 Å². The minimum atomic E-state index is -2.91. The Kier molecular flexibility index (Phi) is 5.44. The summed E-state index contributed by atoms with van der Waals surface area (Å²) in [5.41, 5.74) is 2.05. The monoisotopic (exact) mass is 405 g/mol. The highest BCUT2D eigenvalue weighted by Crippen LogP contribution is 2.40. The summed E-state index contributed by atoms with van der Waals surface area (Å²) < 4.78 is 34.7. The highest BCUT2D eigenvalue weighted by Gasteiger charge is 2.38. The van der Waals surface area contributed by atoms with Crippen molar-refractivity contribution in [2.24, 2.45) is 0 Å².